The van der Waals surface area contributed by atoms with Crippen molar-refractivity contribution in [2.75, 3.05) is 13.2 Å². The van der Waals surface area contributed by atoms with Gasteiger partial charge in [-0.05, 0) is 12.8 Å². The Hall–Kier alpha value is 0.340. The van der Waals surface area contributed by atoms with E-state index in [4.69, 9.17) is 0 Å². The summed E-state index contributed by atoms with van der Waals surface area (Å²) in [6, 6.07) is 0. The number of rotatable bonds is 21. The maximum absolute atomic E-state index is 11.6. The molecule has 0 fully saturated rings. The van der Waals surface area contributed by atoms with Crippen molar-refractivity contribution in [2.45, 2.75) is 116 Å². The largest absolute Gasteiger partial charge is 1.00 e. The quantitative estimate of drug-likeness (QED) is 0.127. The molecule has 0 radical (unpaired) electrons. The van der Waals surface area contributed by atoms with Gasteiger partial charge in [0.2, 0.25) is 16.3 Å². The average molecular weight is 444 g/mol. The van der Waals surface area contributed by atoms with Gasteiger partial charge in [0.15, 0.2) is 0 Å². The zero-order valence-corrected chi connectivity index (χ0v) is 21.7. The summed E-state index contributed by atoms with van der Waals surface area (Å²) < 4.78 is 34.8. The molecule has 0 spiro atoms. The normalized spacial score (nSPS) is 11.2. The molecule has 0 heterocycles. The molecule has 1 amide bonds. The molecule has 8 heteroatoms. The van der Waals surface area contributed by atoms with E-state index in [0.29, 0.717) is 19.4 Å². The topological polar surface area (TPSA) is 95.5 Å². The first-order chi connectivity index (χ1) is 13.5. The van der Waals surface area contributed by atoms with Gasteiger partial charge in [0.25, 0.3) is 0 Å². The Morgan fingerprint density at radius 3 is 1.59 bits per heavy atom. The van der Waals surface area contributed by atoms with E-state index < -0.39 is 10.4 Å². The van der Waals surface area contributed by atoms with Gasteiger partial charge in [-0.1, -0.05) is 96.8 Å². The van der Waals surface area contributed by atoms with E-state index in [-0.39, 0.29) is 42.1 Å². The van der Waals surface area contributed by atoms with E-state index >= 15 is 0 Å². The molecule has 0 rings (SSSR count). The van der Waals surface area contributed by atoms with Crippen LogP contribution in [0.1, 0.15) is 116 Å². The van der Waals surface area contributed by atoms with Crippen molar-refractivity contribution in [1.29, 1.82) is 0 Å². The summed E-state index contributed by atoms with van der Waals surface area (Å²) in [7, 11) is -4.63. The summed E-state index contributed by atoms with van der Waals surface area (Å²) in [6.45, 7) is 2.40. The fraction of sp³-hybridized carbons (Fsp3) is 0.952. The van der Waals surface area contributed by atoms with Crippen LogP contribution in [0.15, 0.2) is 0 Å². The Morgan fingerprint density at radius 1 is 0.759 bits per heavy atom. The van der Waals surface area contributed by atoms with Crippen LogP contribution in [0.25, 0.3) is 0 Å². The number of hydrogen-bond acceptors (Lipinski definition) is 5. The van der Waals surface area contributed by atoms with Gasteiger partial charge in [0.05, 0.1) is 6.61 Å². The first-order valence-electron chi connectivity index (χ1n) is 11.3. The molecule has 0 aromatic rings. The Kier molecular flexibility index (Phi) is 25.0. The van der Waals surface area contributed by atoms with Gasteiger partial charge in [0.1, 0.15) is 0 Å². The molecular weight excluding hydrogens is 401 g/mol. The third-order valence-electron chi connectivity index (χ3n) is 4.88. The van der Waals surface area contributed by atoms with Crippen molar-refractivity contribution < 1.29 is 51.5 Å². The molecule has 0 aromatic heterocycles. The third-order valence-corrected chi connectivity index (χ3v) is 5.33. The van der Waals surface area contributed by atoms with Gasteiger partial charge in [-0.15, -0.1) is 0 Å². The second-order valence-corrected chi connectivity index (χ2v) is 8.69. The van der Waals surface area contributed by atoms with Crippen LogP contribution in [0.3, 0.4) is 0 Å². The van der Waals surface area contributed by atoms with Crippen LogP contribution < -0.4 is 34.9 Å². The molecule has 6 nitrogen and oxygen atoms in total. The fourth-order valence-corrected chi connectivity index (χ4v) is 3.53. The van der Waals surface area contributed by atoms with Gasteiger partial charge >= 0.3 is 29.6 Å². The van der Waals surface area contributed by atoms with Gasteiger partial charge in [-0.2, -0.15) is 0 Å². The van der Waals surface area contributed by atoms with E-state index in [1.165, 1.54) is 83.5 Å². The van der Waals surface area contributed by atoms with E-state index in [9.17, 15) is 17.8 Å². The Labute approximate surface area is 201 Å². The second kappa shape index (κ2) is 23.0. The Balaban J connectivity index is 0. The predicted octanol–water partition coefficient (Wildman–Crippen LogP) is 2.24. The summed E-state index contributed by atoms with van der Waals surface area (Å²) in [5.41, 5.74) is 0. The molecule has 0 bridgehead atoms. The summed E-state index contributed by atoms with van der Waals surface area (Å²) in [5, 5.41) is 2.70. The SMILES string of the molecule is CCCCCCCCCCCCCCCCCC(=O)NCCCOS(=O)(=O)[O-].[Na+]. The number of nitrogens with one attached hydrogen (secondary N) is 1. The predicted molar refractivity (Wildman–Crippen MR) is 113 cm³/mol. The monoisotopic (exact) mass is 443 g/mol. The van der Waals surface area contributed by atoms with Crippen LogP contribution in [0.5, 0.6) is 0 Å². The van der Waals surface area contributed by atoms with Gasteiger partial charge in [-0.3, -0.25) is 8.98 Å². The van der Waals surface area contributed by atoms with Crippen LogP contribution >= 0.6 is 0 Å². The van der Waals surface area contributed by atoms with Gasteiger partial charge in [0, 0.05) is 13.0 Å². The van der Waals surface area contributed by atoms with E-state index in [2.05, 4.69) is 16.4 Å². The smallest absolute Gasteiger partial charge is 0.726 e. The van der Waals surface area contributed by atoms with Crippen LogP contribution in [0.2, 0.25) is 0 Å². The number of unbranched alkanes of at least 4 members (excludes halogenated alkanes) is 14. The Morgan fingerprint density at radius 2 is 1.17 bits per heavy atom. The minimum absolute atomic E-state index is 0. The molecule has 0 aliphatic rings. The molecule has 0 aliphatic heterocycles. The van der Waals surface area contributed by atoms with Crippen LogP contribution in [-0.4, -0.2) is 32.0 Å². The first-order valence-corrected chi connectivity index (χ1v) is 12.7. The van der Waals surface area contributed by atoms with Crippen molar-refractivity contribution in [3.05, 3.63) is 0 Å². The first kappa shape index (κ1) is 31.5. The van der Waals surface area contributed by atoms with E-state index in [1.54, 1.807) is 0 Å². The molecule has 0 aromatic carbocycles. The summed E-state index contributed by atoms with van der Waals surface area (Å²) in [6.07, 6.45) is 20.3. The van der Waals surface area contributed by atoms with Crippen LogP contribution in [0.4, 0.5) is 0 Å². The number of hydrogen-bond donors (Lipinski definition) is 1. The minimum atomic E-state index is -4.63. The van der Waals surface area contributed by atoms with Gasteiger partial charge in [-0.25, -0.2) is 8.42 Å². The molecule has 0 atom stereocenters. The number of carbonyl (C=O) groups is 1. The molecule has 0 unspecified atom stereocenters. The summed E-state index contributed by atoms with van der Waals surface area (Å²) in [5.74, 6) is -0.0281. The molecule has 0 saturated heterocycles. The maximum atomic E-state index is 11.6. The second-order valence-electron chi connectivity index (χ2n) is 7.63. The van der Waals surface area contributed by atoms with Crippen molar-refractivity contribution in [3.63, 3.8) is 0 Å². The fourth-order valence-electron chi connectivity index (χ4n) is 3.21. The minimum Gasteiger partial charge on any atom is -0.726 e. The van der Waals surface area contributed by atoms with Crippen LogP contribution in [0, 0.1) is 0 Å². The summed E-state index contributed by atoms with van der Waals surface area (Å²) >= 11 is 0. The van der Waals surface area contributed by atoms with Crippen LogP contribution in [-0.2, 0) is 19.4 Å². The van der Waals surface area contributed by atoms with Gasteiger partial charge < -0.3 is 9.87 Å². The zero-order valence-electron chi connectivity index (χ0n) is 18.9. The average Bonchev–Trinajstić information content (AvgIpc) is 2.63. The number of carbonyl (C=O) groups excluding carboxylic acids is 1. The standard InChI is InChI=1S/C21H43NO5S.Na/c1-2-3-4-5-6-7-8-9-10-11-12-13-14-15-16-18-21(23)22-19-17-20-27-28(24,25)26;/h2-20H2,1H3,(H,22,23)(H,24,25,26);/q;+1/p-1. The zero-order chi connectivity index (χ0) is 20.9. The van der Waals surface area contributed by atoms with Crippen molar-refractivity contribution in [1.82, 2.24) is 5.32 Å². The van der Waals surface area contributed by atoms with Crippen molar-refractivity contribution in [2.24, 2.45) is 0 Å². The van der Waals surface area contributed by atoms with E-state index in [1.807, 2.05) is 0 Å². The summed E-state index contributed by atoms with van der Waals surface area (Å²) in [4.78, 5) is 11.6. The number of amides is 1. The molecule has 1 N–H and O–H groups in total. The van der Waals surface area contributed by atoms with Crippen molar-refractivity contribution >= 4 is 16.3 Å². The molecule has 29 heavy (non-hydrogen) atoms. The van der Waals surface area contributed by atoms with E-state index in [0.717, 1.165) is 12.8 Å². The molecule has 168 valence electrons. The molecular formula is C21H42NNaO5S. The Bertz CT molecular complexity index is 460. The maximum Gasteiger partial charge on any atom is 1.00 e. The molecule has 0 aliphatic carbocycles. The third kappa shape index (κ3) is 28.3. The van der Waals surface area contributed by atoms with Crippen molar-refractivity contribution in [3.8, 4) is 0 Å². The molecule has 0 saturated carbocycles.